The van der Waals surface area contributed by atoms with Crippen LogP contribution in [0.25, 0.3) is 0 Å². The molecule has 0 atom stereocenters. The predicted molar refractivity (Wildman–Crippen MR) is 189 cm³/mol. The minimum atomic E-state index is -0.627. The summed E-state index contributed by atoms with van der Waals surface area (Å²) in [5.41, 5.74) is 3.50. The largest absolute Gasteiger partial charge is 0.497 e. The molecule has 4 aromatic rings. The van der Waals surface area contributed by atoms with Crippen molar-refractivity contribution in [1.29, 1.82) is 0 Å². The van der Waals surface area contributed by atoms with Gasteiger partial charge in [0.1, 0.15) is 23.1 Å². The maximum absolute atomic E-state index is 13.9. The monoisotopic (exact) mass is 654 g/mol. The molecule has 11 heteroatoms. The number of benzene rings is 3. The van der Waals surface area contributed by atoms with E-state index in [1.54, 1.807) is 62.9 Å². The maximum atomic E-state index is 13.9. The van der Waals surface area contributed by atoms with Gasteiger partial charge in [-0.25, -0.2) is 9.78 Å². The Labute approximate surface area is 283 Å². The van der Waals surface area contributed by atoms with Gasteiger partial charge in [0, 0.05) is 29.6 Å². The van der Waals surface area contributed by atoms with E-state index in [4.69, 9.17) is 14.2 Å². The number of para-hydroxylation sites is 1. The predicted octanol–water partition coefficient (Wildman–Crippen LogP) is 6.91. The van der Waals surface area contributed by atoms with Crippen molar-refractivity contribution in [2.45, 2.75) is 46.1 Å². The molecule has 254 valence electrons. The third-order valence-electron chi connectivity index (χ3n) is 7.75. The standard InChI is InChI=1S/C37H46N6O5/c1-26-13-11-14-27(2)34(26)48-37(45)43(25-29-24-31(46-5)17-18-32(29)47-6)33-19-21-39-36(41-33)40-30-16-12-15-28(23-30)35(44)38-20-9-7-8-10-22-42(3)4/h11-19,21,23-24H,7-10,20,22,25H2,1-6H3,(H,38,44)(H,39,40,41). The number of aryl methyl sites for hydroxylation is 2. The number of anilines is 3. The number of amides is 2. The highest BCUT2D eigenvalue weighted by Crippen LogP contribution is 2.29. The number of carbonyl (C=O) groups excluding carboxylic acids is 2. The Bertz CT molecular complexity index is 1660. The molecule has 0 fully saturated rings. The summed E-state index contributed by atoms with van der Waals surface area (Å²) in [6.45, 7) is 5.55. The minimum Gasteiger partial charge on any atom is -0.497 e. The second-order valence-corrected chi connectivity index (χ2v) is 11.8. The van der Waals surface area contributed by atoms with Crippen LogP contribution in [-0.2, 0) is 6.54 Å². The zero-order valence-electron chi connectivity index (χ0n) is 28.7. The van der Waals surface area contributed by atoms with E-state index in [1.807, 2.05) is 38.1 Å². The average molecular weight is 655 g/mol. The number of aromatic nitrogens is 2. The van der Waals surface area contributed by atoms with Gasteiger partial charge in [-0.3, -0.25) is 9.69 Å². The van der Waals surface area contributed by atoms with Crippen molar-refractivity contribution >= 4 is 29.5 Å². The van der Waals surface area contributed by atoms with Gasteiger partial charge in [-0.2, -0.15) is 4.98 Å². The summed E-state index contributed by atoms with van der Waals surface area (Å²) in [4.78, 5) is 39.4. The SMILES string of the molecule is COc1ccc(OC)c(CN(C(=O)Oc2c(C)cccc2C)c2ccnc(Nc3cccc(C(=O)NCCCCCCN(C)C)c3)n2)c1. The number of unbranched alkanes of at least 4 members (excludes halogenated alkanes) is 3. The number of rotatable bonds is 16. The van der Waals surface area contributed by atoms with Crippen LogP contribution in [0.15, 0.2) is 72.9 Å². The molecule has 0 saturated heterocycles. The Morgan fingerprint density at radius 1 is 0.854 bits per heavy atom. The number of hydrogen-bond donors (Lipinski definition) is 2. The van der Waals surface area contributed by atoms with E-state index in [9.17, 15) is 9.59 Å². The molecular formula is C37H46N6O5. The van der Waals surface area contributed by atoms with E-state index >= 15 is 0 Å². The first-order chi connectivity index (χ1) is 23.2. The van der Waals surface area contributed by atoms with Crippen LogP contribution in [0.3, 0.4) is 0 Å². The van der Waals surface area contributed by atoms with Gasteiger partial charge in [-0.1, -0.05) is 37.1 Å². The second kappa shape index (κ2) is 17.7. The van der Waals surface area contributed by atoms with E-state index in [1.165, 1.54) is 4.90 Å². The molecule has 0 aliphatic heterocycles. The first kappa shape index (κ1) is 35.7. The van der Waals surface area contributed by atoms with Crippen LogP contribution in [0.5, 0.6) is 17.2 Å². The molecule has 2 N–H and O–H groups in total. The van der Waals surface area contributed by atoms with Gasteiger partial charge in [0.05, 0.1) is 20.8 Å². The summed E-state index contributed by atoms with van der Waals surface area (Å²) in [5.74, 6) is 2.07. The lowest BCUT2D eigenvalue weighted by atomic mass is 10.1. The fourth-order valence-electron chi connectivity index (χ4n) is 5.16. The molecule has 2 amide bonds. The summed E-state index contributed by atoms with van der Waals surface area (Å²) in [5, 5.41) is 6.18. The first-order valence-electron chi connectivity index (χ1n) is 16.1. The topological polar surface area (TPSA) is 118 Å². The number of nitrogens with one attached hydrogen (secondary N) is 2. The summed E-state index contributed by atoms with van der Waals surface area (Å²) in [6, 6.07) is 19.8. The number of nitrogens with zero attached hydrogens (tertiary/aromatic N) is 4. The average Bonchev–Trinajstić information content (AvgIpc) is 3.08. The van der Waals surface area contributed by atoms with Gasteiger partial charge >= 0.3 is 6.09 Å². The van der Waals surface area contributed by atoms with E-state index in [0.717, 1.165) is 43.4 Å². The maximum Gasteiger partial charge on any atom is 0.421 e. The van der Waals surface area contributed by atoms with E-state index in [0.29, 0.717) is 46.4 Å². The quantitative estimate of drug-likeness (QED) is 0.124. The lowest BCUT2D eigenvalue weighted by Crippen LogP contribution is -2.34. The van der Waals surface area contributed by atoms with Crippen LogP contribution in [-0.4, -0.2) is 68.3 Å². The van der Waals surface area contributed by atoms with Crippen LogP contribution in [0.4, 0.5) is 22.2 Å². The van der Waals surface area contributed by atoms with Gasteiger partial charge < -0.3 is 29.7 Å². The third-order valence-corrected chi connectivity index (χ3v) is 7.75. The summed E-state index contributed by atoms with van der Waals surface area (Å²) < 4.78 is 17.0. The number of carbonyl (C=O) groups is 2. The second-order valence-electron chi connectivity index (χ2n) is 11.8. The summed E-state index contributed by atoms with van der Waals surface area (Å²) in [6.07, 6.45) is 5.23. The molecule has 0 bridgehead atoms. The van der Waals surface area contributed by atoms with Crippen molar-refractivity contribution in [2.24, 2.45) is 0 Å². The van der Waals surface area contributed by atoms with Gasteiger partial charge in [0.2, 0.25) is 5.95 Å². The Kier molecular flexibility index (Phi) is 13.1. The highest BCUT2D eigenvalue weighted by Gasteiger charge is 2.24. The van der Waals surface area contributed by atoms with Crippen molar-refractivity contribution in [3.8, 4) is 17.2 Å². The van der Waals surface area contributed by atoms with Crippen molar-refractivity contribution < 1.29 is 23.8 Å². The van der Waals surface area contributed by atoms with Crippen LogP contribution in [0.1, 0.15) is 52.7 Å². The highest BCUT2D eigenvalue weighted by molar-refractivity contribution is 5.95. The fourth-order valence-corrected chi connectivity index (χ4v) is 5.16. The van der Waals surface area contributed by atoms with E-state index in [2.05, 4.69) is 39.6 Å². The van der Waals surface area contributed by atoms with Gasteiger partial charge in [-0.05, 0) is 101 Å². The molecule has 0 saturated carbocycles. The lowest BCUT2D eigenvalue weighted by molar-refractivity contribution is 0.0953. The molecule has 0 aliphatic rings. The van der Waals surface area contributed by atoms with Gasteiger partial charge in [0.15, 0.2) is 0 Å². The zero-order valence-corrected chi connectivity index (χ0v) is 28.7. The molecule has 1 aromatic heterocycles. The fraction of sp³-hybridized carbons (Fsp3) is 0.351. The van der Waals surface area contributed by atoms with Crippen LogP contribution >= 0.6 is 0 Å². The molecular weight excluding hydrogens is 608 g/mol. The van der Waals surface area contributed by atoms with Gasteiger partial charge in [0.25, 0.3) is 5.91 Å². The molecule has 11 nitrogen and oxygen atoms in total. The van der Waals surface area contributed by atoms with E-state index in [-0.39, 0.29) is 18.4 Å². The van der Waals surface area contributed by atoms with Crippen molar-refractivity contribution in [3.63, 3.8) is 0 Å². The lowest BCUT2D eigenvalue weighted by Gasteiger charge is -2.23. The van der Waals surface area contributed by atoms with Crippen LogP contribution < -0.4 is 29.7 Å². The highest BCUT2D eigenvalue weighted by atomic mass is 16.6. The zero-order chi connectivity index (χ0) is 34.5. The Morgan fingerprint density at radius 3 is 2.33 bits per heavy atom. The van der Waals surface area contributed by atoms with Gasteiger partial charge in [-0.15, -0.1) is 0 Å². The van der Waals surface area contributed by atoms with Crippen molar-refractivity contribution in [1.82, 2.24) is 20.2 Å². The number of methoxy groups -OCH3 is 2. The molecule has 48 heavy (non-hydrogen) atoms. The van der Waals surface area contributed by atoms with E-state index < -0.39 is 6.09 Å². The number of ether oxygens (including phenoxy) is 3. The minimum absolute atomic E-state index is 0.0753. The molecule has 0 radical (unpaired) electrons. The normalized spacial score (nSPS) is 10.8. The summed E-state index contributed by atoms with van der Waals surface area (Å²) >= 11 is 0. The molecule has 4 rings (SSSR count). The van der Waals surface area contributed by atoms with Crippen LogP contribution in [0.2, 0.25) is 0 Å². The first-order valence-corrected chi connectivity index (χ1v) is 16.1. The van der Waals surface area contributed by atoms with Crippen molar-refractivity contribution in [2.75, 3.05) is 51.6 Å². The van der Waals surface area contributed by atoms with Crippen molar-refractivity contribution in [3.05, 3.63) is 95.2 Å². The summed E-state index contributed by atoms with van der Waals surface area (Å²) in [7, 11) is 7.30. The molecule has 0 unspecified atom stereocenters. The Hall–Kier alpha value is -5.16. The van der Waals surface area contributed by atoms with Crippen LogP contribution in [0, 0.1) is 13.8 Å². The smallest absolute Gasteiger partial charge is 0.421 e. The molecule has 1 heterocycles. The number of hydrogen-bond acceptors (Lipinski definition) is 9. The molecule has 3 aromatic carbocycles. The molecule has 0 spiro atoms. The third kappa shape index (κ3) is 10.2. The Balaban J connectivity index is 1.52. The molecule has 0 aliphatic carbocycles. The Morgan fingerprint density at radius 2 is 1.60 bits per heavy atom.